The van der Waals surface area contributed by atoms with Crippen LogP contribution in [0.5, 0.6) is 0 Å². The highest BCUT2D eigenvalue weighted by atomic mass is 35.5. The third-order valence-electron chi connectivity index (χ3n) is 0. The van der Waals surface area contributed by atoms with Crippen molar-refractivity contribution in [2.75, 3.05) is 5.34 Å². The maximum absolute atomic E-state index is 9.44. The van der Waals surface area contributed by atoms with Gasteiger partial charge in [0.25, 0.3) is 0 Å². The minimum atomic E-state index is 0.167. The quantitative estimate of drug-likeness (QED) is 0.564. The largest absolute Gasteiger partial charge is 0.300 e. The van der Waals surface area contributed by atoms with Crippen molar-refractivity contribution in [1.82, 2.24) is 0 Å². The first-order valence-electron chi connectivity index (χ1n) is 2.94. The minimum Gasteiger partial charge on any atom is -0.300 e. The van der Waals surface area contributed by atoms with Crippen LogP contribution >= 0.6 is 23.2 Å². The maximum Gasteiger partial charge on any atom is 0.126 e. The number of carbonyl (C=O) groups excluding carboxylic acids is 2. The molecule has 0 fully saturated rings. The molecule has 0 unspecified atom stereocenters. The van der Waals surface area contributed by atoms with Crippen LogP contribution in [0.15, 0.2) is 0 Å². The van der Waals surface area contributed by atoms with E-state index in [0.29, 0.717) is 0 Å². The molecule has 0 aromatic heterocycles. The van der Waals surface area contributed by atoms with Gasteiger partial charge in [-0.2, -0.15) is 0 Å². The van der Waals surface area contributed by atoms with Crippen molar-refractivity contribution >= 4 is 34.8 Å². The zero-order valence-electron chi connectivity index (χ0n) is 7.28. The Morgan fingerprint density at radius 2 is 0.909 bits per heavy atom. The summed E-state index contributed by atoms with van der Waals surface area (Å²) in [5, 5.41) is 0.194. The van der Waals surface area contributed by atoms with Gasteiger partial charge >= 0.3 is 0 Å². The molecule has 2 nitrogen and oxygen atoms in total. The molecule has 0 aromatic carbocycles. The van der Waals surface area contributed by atoms with Gasteiger partial charge in [-0.25, -0.2) is 0 Å². The predicted molar refractivity (Wildman–Crippen MR) is 49.3 cm³/mol. The molecule has 0 heterocycles. The van der Waals surface area contributed by atoms with Crippen LogP contribution < -0.4 is 0 Å². The van der Waals surface area contributed by atoms with Crippen LogP contribution in [0, 0.1) is 0 Å². The SMILES string of the molecule is CC(C)=O.CC(C)=O.ClCCl. The lowest BCUT2D eigenvalue weighted by atomic mass is 10.6. The van der Waals surface area contributed by atoms with Crippen LogP contribution in [-0.4, -0.2) is 16.9 Å². The second-order valence-corrected chi connectivity index (χ2v) is 2.73. The number of alkyl halides is 2. The molecule has 0 amide bonds. The summed E-state index contributed by atoms with van der Waals surface area (Å²) >= 11 is 9.53. The van der Waals surface area contributed by atoms with Crippen LogP contribution in [0.1, 0.15) is 27.7 Å². The van der Waals surface area contributed by atoms with E-state index in [0.717, 1.165) is 0 Å². The fraction of sp³-hybridized carbons (Fsp3) is 0.714. The molecule has 0 atom stereocenters. The standard InChI is InChI=1S/2C3H6O.CH2Cl2/c2*1-3(2)4;2-1-3/h2*1-2H3;1H2. The number of rotatable bonds is 0. The smallest absolute Gasteiger partial charge is 0.126 e. The molecule has 0 saturated carbocycles. The van der Waals surface area contributed by atoms with Gasteiger partial charge in [0, 0.05) is 0 Å². The van der Waals surface area contributed by atoms with E-state index < -0.39 is 0 Å². The second kappa shape index (κ2) is 16.5. The molecule has 68 valence electrons. The molecular weight excluding hydrogens is 187 g/mol. The molecule has 4 heteroatoms. The van der Waals surface area contributed by atoms with Crippen molar-refractivity contribution in [3.05, 3.63) is 0 Å². The van der Waals surface area contributed by atoms with Crippen molar-refractivity contribution < 1.29 is 9.59 Å². The molecule has 11 heavy (non-hydrogen) atoms. The Morgan fingerprint density at radius 1 is 0.909 bits per heavy atom. The highest BCUT2D eigenvalue weighted by Gasteiger charge is 1.62. The monoisotopic (exact) mass is 200 g/mol. The Balaban J connectivity index is -0.0000000886. The first-order chi connectivity index (χ1) is 4.88. The van der Waals surface area contributed by atoms with Crippen molar-refractivity contribution in [2.45, 2.75) is 27.7 Å². The van der Waals surface area contributed by atoms with Gasteiger partial charge in [0.05, 0.1) is 5.34 Å². The van der Waals surface area contributed by atoms with Crippen LogP contribution in [0.25, 0.3) is 0 Å². The van der Waals surface area contributed by atoms with E-state index in [1.807, 2.05) is 0 Å². The molecule has 0 rings (SSSR count). The van der Waals surface area contributed by atoms with Gasteiger partial charge in [0.2, 0.25) is 0 Å². The molecule has 0 aromatic rings. The number of ketones is 2. The van der Waals surface area contributed by atoms with Gasteiger partial charge in [0.15, 0.2) is 0 Å². The number of halogens is 2. The molecule has 0 spiro atoms. The summed E-state index contributed by atoms with van der Waals surface area (Å²) in [6, 6.07) is 0. The lowest BCUT2D eigenvalue weighted by molar-refractivity contribution is -0.115. The van der Waals surface area contributed by atoms with Gasteiger partial charge in [-0.1, -0.05) is 0 Å². The van der Waals surface area contributed by atoms with E-state index >= 15 is 0 Å². The molecule has 0 N–H and O–H groups in total. The Bertz CT molecular complexity index is 82.6. The Hall–Kier alpha value is -0.0800. The summed E-state index contributed by atoms with van der Waals surface area (Å²) in [6.07, 6.45) is 0. The Labute approximate surface area is 77.9 Å². The number of hydrogen-bond acceptors (Lipinski definition) is 2. The summed E-state index contributed by atoms with van der Waals surface area (Å²) in [4.78, 5) is 18.9. The third-order valence-corrected chi connectivity index (χ3v) is 0. The highest BCUT2D eigenvalue weighted by Crippen LogP contribution is 1.73. The molecule has 0 aliphatic rings. The number of carbonyl (C=O) groups is 2. The molecule has 0 radical (unpaired) electrons. The van der Waals surface area contributed by atoms with E-state index in [1.54, 1.807) is 0 Å². The van der Waals surface area contributed by atoms with E-state index in [2.05, 4.69) is 0 Å². The topological polar surface area (TPSA) is 34.1 Å². The summed E-state index contributed by atoms with van der Waals surface area (Å²) in [5.74, 6) is 0.333. The summed E-state index contributed by atoms with van der Waals surface area (Å²) in [7, 11) is 0. The van der Waals surface area contributed by atoms with E-state index in [4.69, 9.17) is 23.2 Å². The normalized spacial score (nSPS) is 6.36. The fourth-order valence-corrected chi connectivity index (χ4v) is 0. The molecule has 0 saturated heterocycles. The highest BCUT2D eigenvalue weighted by molar-refractivity contribution is 6.40. The van der Waals surface area contributed by atoms with Crippen LogP contribution in [0.3, 0.4) is 0 Å². The van der Waals surface area contributed by atoms with Gasteiger partial charge in [-0.05, 0) is 27.7 Å². The predicted octanol–water partition coefficient (Wildman–Crippen LogP) is 2.61. The van der Waals surface area contributed by atoms with E-state index in [1.165, 1.54) is 27.7 Å². The van der Waals surface area contributed by atoms with Crippen molar-refractivity contribution in [1.29, 1.82) is 0 Å². The van der Waals surface area contributed by atoms with Gasteiger partial charge in [0.1, 0.15) is 11.6 Å². The first-order valence-corrected chi connectivity index (χ1v) is 4.01. The summed E-state index contributed by atoms with van der Waals surface area (Å²) < 4.78 is 0. The van der Waals surface area contributed by atoms with Crippen LogP contribution in [-0.2, 0) is 9.59 Å². The molecular formula is C7H14Cl2O2. The minimum absolute atomic E-state index is 0.167. The lowest BCUT2D eigenvalue weighted by Gasteiger charge is -1.56. The second-order valence-electron chi connectivity index (χ2n) is 1.92. The van der Waals surface area contributed by atoms with Crippen LogP contribution in [0.2, 0.25) is 0 Å². The molecule has 0 aliphatic heterocycles. The average molecular weight is 201 g/mol. The fourth-order valence-electron chi connectivity index (χ4n) is 0. The Kier molecular flexibility index (Phi) is 25.7. The van der Waals surface area contributed by atoms with Crippen LogP contribution in [0.4, 0.5) is 0 Å². The third kappa shape index (κ3) is 97200. The average Bonchev–Trinajstić information content (AvgIpc) is 1.60. The zero-order chi connectivity index (χ0) is 9.86. The van der Waals surface area contributed by atoms with Gasteiger partial charge in [-0.15, -0.1) is 23.2 Å². The first kappa shape index (κ1) is 17.1. The van der Waals surface area contributed by atoms with Crippen molar-refractivity contribution in [2.24, 2.45) is 0 Å². The van der Waals surface area contributed by atoms with Gasteiger partial charge < -0.3 is 9.59 Å². The van der Waals surface area contributed by atoms with Gasteiger partial charge in [-0.3, -0.25) is 0 Å². The zero-order valence-corrected chi connectivity index (χ0v) is 8.79. The van der Waals surface area contributed by atoms with Crippen molar-refractivity contribution in [3.63, 3.8) is 0 Å². The molecule has 0 aliphatic carbocycles. The lowest BCUT2D eigenvalue weighted by Crippen LogP contribution is -1.69. The van der Waals surface area contributed by atoms with E-state index in [-0.39, 0.29) is 16.9 Å². The van der Waals surface area contributed by atoms with E-state index in [9.17, 15) is 9.59 Å². The summed E-state index contributed by atoms with van der Waals surface area (Å²) in [5.41, 5.74) is 0. The Morgan fingerprint density at radius 3 is 0.909 bits per heavy atom. The summed E-state index contributed by atoms with van der Waals surface area (Å²) in [6.45, 7) is 6.11. The number of hydrogen-bond donors (Lipinski definition) is 0. The van der Waals surface area contributed by atoms with Crippen molar-refractivity contribution in [3.8, 4) is 0 Å². The molecule has 0 bridgehead atoms. The number of Topliss-reactive ketones (excluding diaryl/α,β-unsaturated/α-hetero) is 2. The maximum atomic E-state index is 9.44.